The first-order valence-corrected chi connectivity index (χ1v) is 8.39. The molecule has 0 saturated carbocycles. The zero-order chi connectivity index (χ0) is 18.7. The minimum absolute atomic E-state index is 0.0936. The van der Waals surface area contributed by atoms with Crippen molar-refractivity contribution in [3.8, 4) is 17.2 Å². The van der Waals surface area contributed by atoms with Gasteiger partial charge in [0.15, 0.2) is 0 Å². The molecule has 1 heterocycles. The van der Waals surface area contributed by atoms with Crippen LogP contribution in [0.25, 0.3) is 11.5 Å². The van der Waals surface area contributed by atoms with Crippen LogP contribution in [0, 0.1) is 6.92 Å². The third kappa shape index (κ3) is 3.44. The van der Waals surface area contributed by atoms with Gasteiger partial charge in [0.25, 0.3) is 5.89 Å². The van der Waals surface area contributed by atoms with Crippen LogP contribution in [0.4, 0.5) is 5.69 Å². The van der Waals surface area contributed by atoms with Crippen molar-refractivity contribution in [3.05, 3.63) is 59.5 Å². The lowest BCUT2D eigenvalue weighted by molar-refractivity contribution is 0.0990. The van der Waals surface area contributed by atoms with Crippen molar-refractivity contribution in [3.63, 3.8) is 0 Å². The lowest BCUT2D eigenvalue weighted by atomic mass is 9.98. The summed E-state index contributed by atoms with van der Waals surface area (Å²) < 4.78 is 10.9. The molecule has 0 unspecified atom stereocenters. The third-order valence-electron chi connectivity index (χ3n) is 4.12. The molecule has 26 heavy (non-hydrogen) atoms. The number of hydrogen-bond acceptors (Lipinski definition) is 5. The van der Waals surface area contributed by atoms with Crippen LogP contribution in [-0.2, 0) is 0 Å². The zero-order valence-electron chi connectivity index (χ0n) is 15.2. The van der Waals surface area contributed by atoms with E-state index in [4.69, 9.17) is 9.15 Å². The highest BCUT2D eigenvalue weighted by molar-refractivity contribution is 6.02. The minimum Gasteiger partial charge on any atom is -0.496 e. The molecule has 3 rings (SSSR count). The summed E-state index contributed by atoms with van der Waals surface area (Å²) in [5.74, 6) is 0.585. The van der Waals surface area contributed by atoms with Gasteiger partial charge in [-0.2, -0.15) is 0 Å². The first-order chi connectivity index (χ1) is 12.5. The number of aryl methyl sites for hydroxylation is 1. The smallest absolute Gasteiger partial charge is 0.313 e. The molecule has 0 aliphatic rings. The van der Waals surface area contributed by atoms with Crippen molar-refractivity contribution >= 4 is 11.6 Å². The van der Waals surface area contributed by atoms with Crippen molar-refractivity contribution < 1.29 is 13.9 Å². The van der Waals surface area contributed by atoms with E-state index < -0.39 is 5.91 Å². The monoisotopic (exact) mass is 351 g/mol. The molecular formula is C20H21N3O3. The Morgan fingerprint density at radius 2 is 1.88 bits per heavy atom. The number of rotatable bonds is 5. The number of nitrogens with zero attached hydrogens (tertiary/aromatic N) is 2. The molecule has 1 aromatic heterocycles. The Labute approximate surface area is 152 Å². The van der Waals surface area contributed by atoms with E-state index in [0.717, 1.165) is 16.8 Å². The SMILES string of the molecule is COc1ccccc1-c1nnc(C(=O)Nc2c(C)cccc2C(C)C)o1. The lowest BCUT2D eigenvalue weighted by Crippen LogP contribution is -2.15. The number of methoxy groups -OCH3 is 1. The van der Waals surface area contributed by atoms with Crippen LogP contribution in [0.5, 0.6) is 5.75 Å². The average Bonchev–Trinajstić information content (AvgIpc) is 3.13. The van der Waals surface area contributed by atoms with Crippen LogP contribution >= 0.6 is 0 Å². The van der Waals surface area contributed by atoms with E-state index in [0.29, 0.717) is 11.3 Å². The highest BCUT2D eigenvalue weighted by atomic mass is 16.5. The first-order valence-electron chi connectivity index (χ1n) is 8.39. The molecule has 1 amide bonds. The van der Waals surface area contributed by atoms with Crippen molar-refractivity contribution in [2.45, 2.75) is 26.7 Å². The summed E-state index contributed by atoms with van der Waals surface area (Å²) >= 11 is 0. The molecule has 0 bridgehead atoms. The normalized spacial score (nSPS) is 10.8. The van der Waals surface area contributed by atoms with Gasteiger partial charge in [-0.05, 0) is 36.1 Å². The molecule has 6 heteroatoms. The fourth-order valence-electron chi connectivity index (χ4n) is 2.75. The molecule has 3 aromatic rings. The summed E-state index contributed by atoms with van der Waals surface area (Å²) in [5.41, 5.74) is 3.46. The van der Waals surface area contributed by atoms with Crippen LogP contribution < -0.4 is 10.1 Å². The van der Waals surface area contributed by atoms with Gasteiger partial charge in [0.05, 0.1) is 12.7 Å². The van der Waals surface area contributed by atoms with Gasteiger partial charge in [0, 0.05) is 5.69 Å². The summed E-state index contributed by atoms with van der Waals surface area (Å²) in [7, 11) is 1.56. The van der Waals surface area contributed by atoms with Gasteiger partial charge >= 0.3 is 11.8 Å². The van der Waals surface area contributed by atoms with Crippen molar-refractivity contribution in [1.29, 1.82) is 0 Å². The number of nitrogens with one attached hydrogen (secondary N) is 1. The van der Waals surface area contributed by atoms with Crippen LogP contribution in [0.3, 0.4) is 0 Å². The molecule has 0 fully saturated rings. The maximum Gasteiger partial charge on any atom is 0.313 e. The molecule has 2 aromatic carbocycles. The number of para-hydroxylation sites is 2. The van der Waals surface area contributed by atoms with E-state index in [9.17, 15) is 4.79 Å². The molecule has 0 saturated heterocycles. The van der Waals surface area contributed by atoms with Crippen molar-refractivity contribution in [2.75, 3.05) is 12.4 Å². The first kappa shape index (κ1) is 17.7. The van der Waals surface area contributed by atoms with Gasteiger partial charge in [-0.1, -0.05) is 44.2 Å². The molecule has 1 N–H and O–H groups in total. The number of carbonyl (C=O) groups is 1. The second-order valence-corrected chi connectivity index (χ2v) is 6.26. The Balaban J connectivity index is 1.88. The fraction of sp³-hybridized carbons (Fsp3) is 0.250. The van der Waals surface area contributed by atoms with E-state index in [-0.39, 0.29) is 17.7 Å². The second kappa shape index (κ2) is 7.39. The molecule has 0 spiro atoms. The van der Waals surface area contributed by atoms with Crippen LogP contribution in [0.1, 0.15) is 41.6 Å². The van der Waals surface area contributed by atoms with E-state index in [2.05, 4.69) is 29.4 Å². The Bertz CT molecular complexity index is 932. The highest BCUT2D eigenvalue weighted by Crippen LogP contribution is 2.30. The molecular weight excluding hydrogens is 330 g/mol. The molecule has 0 radical (unpaired) electrons. The number of carbonyl (C=O) groups excluding carboxylic acids is 1. The minimum atomic E-state index is -0.435. The molecule has 0 aliphatic carbocycles. The summed E-state index contributed by atoms with van der Waals surface area (Å²) in [6.07, 6.45) is 0. The second-order valence-electron chi connectivity index (χ2n) is 6.26. The Morgan fingerprint density at radius 1 is 1.12 bits per heavy atom. The van der Waals surface area contributed by atoms with Crippen LogP contribution in [-0.4, -0.2) is 23.2 Å². The van der Waals surface area contributed by atoms with Gasteiger partial charge in [-0.15, -0.1) is 10.2 Å². The third-order valence-corrected chi connectivity index (χ3v) is 4.12. The number of benzene rings is 2. The van der Waals surface area contributed by atoms with E-state index in [1.54, 1.807) is 19.2 Å². The Morgan fingerprint density at radius 3 is 2.62 bits per heavy atom. The number of amides is 1. The molecule has 0 aliphatic heterocycles. The average molecular weight is 351 g/mol. The lowest BCUT2D eigenvalue weighted by Gasteiger charge is -2.15. The zero-order valence-corrected chi connectivity index (χ0v) is 15.2. The predicted octanol–water partition coefficient (Wildman–Crippen LogP) is 4.43. The van der Waals surface area contributed by atoms with Gasteiger partial charge < -0.3 is 14.5 Å². The summed E-state index contributed by atoms with van der Waals surface area (Å²) in [4.78, 5) is 12.6. The topological polar surface area (TPSA) is 77.2 Å². The number of hydrogen-bond donors (Lipinski definition) is 1. The quantitative estimate of drug-likeness (QED) is 0.736. The predicted molar refractivity (Wildman–Crippen MR) is 99.5 cm³/mol. The maximum atomic E-state index is 12.6. The number of anilines is 1. The number of aromatic nitrogens is 2. The molecule has 0 atom stereocenters. The van der Waals surface area contributed by atoms with Gasteiger partial charge in [0.2, 0.25) is 0 Å². The fourth-order valence-corrected chi connectivity index (χ4v) is 2.75. The maximum absolute atomic E-state index is 12.6. The van der Waals surface area contributed by atoms with Crippen molar-refractivity contribution in [1.82, 2.24) is 10.2 Å². The van der Waals surface area contributed by atoms with E-state index >= 15 is 0 Å². The van der Waals surface area contributed by atoms with Crippen LogP contribution in [0.2, 0.25) is 0 Å². The van der Waals surface area contributed by atoms with E-state index in [1.165, 1.54) is 0 Å². The summed E-state index contributed by atoms with van der Waals surface area (Å²) in [5, 5.41) is 10.8. The Kier molecular flexibility index (Phi) is 5.02. The largest absolute Gasteiger partial charge is 0.496 e. The standard InChI is InChI=1S/C20H21N3O3/c1-12(2)14-10-7-8-13(3)17(14)21-18(24)20-23-22-19(26-20)15-9-5-6-11-16(15)25-4/h5-12H,1-4H3,(H,21,24). The van der Waals surface area contributed by atoms with Gasteiger partial charge in [0.1, 0.15) is 5.75 Å². The summed E-state index contributed by atoms with van der Waals surface area (Å²) in [6, 6.07) is 13.2. The Hall–Kier alpha value is -3.15. The van der Waals surface area contributed by atoms with E-state index in [1.807, 2.05) is 37.3 Å². The molecule has 6 nitrogen and oxygen atoms in total. The van der Waals surface area contributed by atoms with Gasteiger partial charge in [-0.3, -0.25) is 4.79 Å². The summed E-state index contributed by atoms with van der Waals surface area (Å²) in [6.45, 7) is 6.11. The molecule has 134 valence electrons. The number of ether oxygens (including phenoxy) is 1. The van der Waals surface area contributed by atoms with Gasteiger partial charge in [-0.25, -0.2) is 0 Å². The highest BCUT2D eigenvalue weighted by Gasteiger charge is 2.20. The van der Waals surface area contributed by atoms with Crippen LogP contribution in [0.15, 0.2) is 46.9 Å². The van der Waals surface area contributed by atoms with Crippen molar-refractivity contribution in [2.24, 2.45) is 0 Å².